The van der Waals surface area contributed by atoms with Gasteiger partial charge in [0.05, 0.1) is 4.92 Å². The lowest BCUT2D eigenvalue weighted by Crippen LogP contribution is -2.08. The SMILES string of the molecule is O=C(/C=C/c1ccccc1OC(F)F)Nc1ccc([N+](=O)[O-])cc1. The summed E-state index contributed by atoms with van der Waals surface area (Å²) in [5.74, 6) is -0.567. The summed E-state index contributed by atoms with van der Waals surface area (Å²) in [5.41, 5.74) is 0.589. The van der Waals surface area contributed by atoms with Crippen molar-refractivity contribution >= 4 is 23.4 Å². The van der Waals surface area contributed by atoms with Gasteiger partial charge in [-0.2, -0.15) is 8.78 Å². The molecule has 0 saturated heterocycles. The van der Waals surface area contributed by atoms with Crippen molar-refractivity contribution < 1.29 is 23.2 Å². The second-order valence-corrected chi connectivity index (χ2v) is 4.54. The highest BCUT2D eigenvalue weighted by molar-refractivity contribution is 6.02. The van der Waals surface area contributed by atoms with E-state index in [1.54, 1.807) is 6.07 Å². The lowest BCUT2D eigenvalue weighted by molar-refractivity contribution is -0.384. The van der Waals surface area contributed by atoms with Gasteiger partial charge < -0.3 is 10.1 Å². The Bertz CT molecular complexity index is 761. The first-order chi connectivity index (χ1) is 11.5. The Morgan fingerprint density at radius 3 is 2.46 bits per heavy atom. The molecule has 0 aliphatic rings. The molecule has 2 rings (SSSR count). The fourth-order valence-electron chi connectivity index (χ4n) is 1.84. The van der Waals surface area contributed by atoms with Gasteiger partial charge in [0.15, 0.2) is 0 Å². The molecule has 2 aromatic carbocycles. The number of ether oxygens (including phenoxy) is 1. The first-order valence-corrected chi connectivity index (χ1v) is 6.73. The van der Waals surface area contributed by atoms with Crippen LogP contribution < -0.4 is 10.1 Å². The van der Waals surface area contributed by atoms with Gasteiger partial charge in [-0.05, 0) is 24.3 Å². The summed E-state index contributed by atoms with van der Waals surface area (Å²) in [6.45, 7) is -2.96. The minimum Gasteiger partial charge on any atom is -0.434 e. The molecule has 0 spiro atoms. The zero-order valence-corrected chi connectivity index (χ0v) is 12.2. The van der Waals surface area contributed by atoms with Crippen LogP contribution in [0.2, 0.25) is 0 Å². The summed E-state index contributed by atoms with van der Waals surface area (Å²) < 4.78 is 29.0. The minimum atomic E-state index is -2.96. The van der Waals surface area contributed by atoms with Crippen LogP contribution in [0.25, 0.3) is 6.08 Å². The molecule has 0 atom stereocenters. The molecule has 1 N–H and O–H groups in total. The van der Waals surface area contributed by atoms with Crippen LogP contribution in [0.5, 0.6) is 5.75 Å². The number of benzene rings is 2. The van der Waals surface area contributed by atoms with Crippen LogP contribution in [0.3, 0.4) is 0 Å². The van der Waals surface area contributed by atoms with Crippen LogP contribution in [-0.2, 0) is 4.79 Å². The van der Waals surface area contributed by atoms with Crippen molar-refractivity contribution in [3.8, 4) is 5.75 Å². The zero-order chi connectivity index (χ0) is 17.5. The van der Waals surface area contributed by atoms with E-state index in [-0.39, 0.29) is 11.4 Å². The van der Waals surface area contributed by atoms with Crippen LogP contribution in [0.4, 0.5) is 20.2 Å². The maximum atomic E-state index is 12.3. The lowest BCUT2D eigenvalue weighted by Gasteiger charge is -2.07. The molecule has 1 amide bonds. The molecular formula is C16H12F2N2O4. The number of amides is 1. The number of hydrogen-bond donors (Lipinski definition) is 1. The van der Waals surface area contributed by atoms with E-state index in [9.17, 15) is 23.7 Å². The second kappa shape index (κ2) is 7.82. The summed E-state index contributed by atoms with van der Waals surface area (Å²) in [6.07, 6.45) is 2.48. The third-order valence-electron chi connectivity index (χ3n) is 2.89. The number of nitrogens with one attached hydrogen (secondary N) is 1. The topological polar surface area (TPSA) is 81.5 Å². The quantitative estimate of drug-likeness (QED) is 0.494. The van der Waals surface area contributed by atoms with Crippen molar-refractivity contribution in [1.29, 1.82) is 0 Å². The smallest absolute Gasteiger partial charge is 0.387 e. The molecule has 124 valence electrons. The van der Waals surface area contributed by atoms with Gasteiger partial charge in [0, 0.05) is 29.5 Å². The molecule has 0 heterocycles. The highest BCUT2D eigenvalue weighted by atomic mass is 19.3. The summed E-state index contributed by atoms with van der Waals surface area (Å²) >= 11 is 0. The molecule has 24 heavy (non-hydrogen) atoms. The molecule has 8 heteroatoms. The van der Waals surface area contributed by atoms with E-state index in [4.69, 9.17) is 0 Å². The van der Waals surface area contributed by atoms with Gasteiger partial charge in [0.2, 0.25) is 5.91 Å². The van der Waals surface area contributed by atoms with Crippen molar-refractivity contribution in [2.75, 3.05) is 5.32 Å². The molecule has 0 aromatic heterocycles. The predicted molar refractivity (Wildman–Crippen MR) is 83.8 cm³/mol. The van der Waals surface area contributed by atoms with Crippen LogP contribution in [0.1, 0.15) is 5.56 Å². The number of nitro benzene ring substituents is 1. The first kappa shape index (κ1) is 17.1. The minimum absolute atomic E-state index is 0.0492. The third-order valence-corrected chi connectivity index (χ3v) is 2.89. The number of rotatable bonds is 6. The maximum Gasteiger partial charge on any atom is 0.387 e. The number of carbonyl (C=O) groups is 1. The summed E-state index contributed by atoms with van der Waals surface area (Å²) in [7, 11) is 0. The maximum absolute atomic E-state index is 12.3. The average Bonchev–Trinajstić information content (AvgIpc) is 2.54. The Kier molecular flexibility index (Phi) is 5.56. The Hall–Kier alpha value is -3.29. The average molecular weight is 334 g/mol. The number of nitro groups is 1. The lowest BCUT2D eigenvalue weighted by atomic mass is 10.2. The largest absolute Gasteiger partial charge is 0.434 e. The van der Waals surface area contributed by atoms with Gasteiger partial charge >= 0.3 is 6.61 Å². The third kappa shape index (κ3) is 4.87. The van der Waals surface area contributed by atoms with E-state index in [1.807, 2.05) is 0 Å². The Morgan fingerprint density at radius 1 is 1.17 bits per heavy atom. The van der Waals surface area contributed by atoms with Crippen LogP contribution in [-0.4, -0.2) is 17.4 Å². The van der Waals surface area contributed by atoms with E-state index < -0.39 is 17.4 Å². The van der Waals surface area contributed by atoms with E-state index in [1.165, 1.54) is 48.5 Å². The fourth-order valence-corrected chi connectivity index (χ4v) is 1.84. The standard InChI is InChI=1S/C16H12F2N2O4/c17-16(18)24-14-4-2-1-3-11(14)5-10-15(21)19-12-6-8-13(9-7-12)20(22)23/h1-10,16H,(H,19,21)/b10-5+. The van der Waals surface area contributed by atoms with Gasteiger partial charge in [-0.1, -0.05) is 18.2 Å². The number of carbonyl (C=O) groups excluding carboxylic acids is 1. The van der Waals surface area contributed by atoms with E-state index in [0.29, 0.717) is 11.3 Å². The number of halogens is 2. The van der Waals surface area contributed by atoms with Crippen molar-refractivity contribution in [3.63, 3.8) is 0 Å². The first-order valence-electron chi connectivity index (χ1n) is 6.73. The highest BCUT2D eigenvalue weighted by Gasteiger charge is 2.08. The Labute approximate surface area is 135 Å². The van der Waals surface area contributed by atoms with Gasteiger partial charge in [-0.3, -0.25) is 14.9 Å². The van der Waals surface area contributed by atoms with Crippen LogP contribution in [0, 0.1) is 10.1 Å². The molecule has 0 aliphatic heterocycles. The molecular weight excluding hydrogens is 322 g/mol. The monoisotopic (exact) mass is 334 g/mol. The summed E-state index contributed by atoms with van der Waals surface area (Å²) in [4.78, 5) is 21.8. The van der Waals surface area contributed by atoms with Crippen molar-refractivity contribution in [3.05, 3.63) is 70.3 Å². The van der Waals surface area contributed by atoms with Crippen LogP contribution in [0.15, 0.2) is 54.6 Å². The zero-order valence-electron chi connectivity index (χ0n) is 12.2. The summed E-state index contributed by atoms with van der Waals surface area (Å²) in [5, 5.41) is 13.0. The van der Waals surface area contributed by atoms with Gasteiger partial charge in [0.25, 0.3) is 5.69 Å². The molecule has 0 fully saturated rings. The van der Waals surface area contributed by atoms with Crippen molar-refractivity contribution in [2.24, 2.45) is 0 Å². The van der Waals surface area contributed by atoms with E-state index >= 15 is 0 Å². The van der Waals surface area contributed by atoms with E-state index in [2.05, 4.69) is 10.1 Å². The van der Waals surface area contributed by atoms with Gasteiger partial charge in [0.1, 0.15) is 5.75 Å². The molecule has 0 aliphatic carbocycles. The normalized spacial score (nSPS) is 10.8. The number of nitrogens with zero attached hydrogens (tertiary/aromatic N) is 1. The molecule has 6 nitrogen and oxygen atoms in total. The van der Waals surface area contributed by atoms with Gasteiger partial charge in [-0.25, -0.2) is 0 Å². The number of non-ortho nitro benzene ring substituents is 1. The predicted octanol–water partition coefficient (Wildman–Crippen LogP) is 3.85. The van der Waals surface area contributed by atoms with Crippen molar-refractivity contribution in [2.45, 2.75) is 6.61 Å². The van der Waals surface area contributed by atoms with Gasteiger partial charge in [-0.15, -0.1) is 0 Å². The second-order valence-electron chi connectivity index (χ2n) is 4.54. The number of hydrogen-bond acceptors (Lipinski definition) is 4. The van der Waals surface area contributed by atoms with E-state index in [0.717, 1.165) is 6.08 Å². The Balaban J connectivity index is 2.04. The molecule has 2 aromatic rings. The van der Waals surface area contributed by atoms with Crippen molar-refractivity contribution in [1.82, 2.24) is 0 Å². The number of anilines is 1. The molecule has 0 radical (unpaired) electrons. The molecule has 0 saturated carbocycles. The molecule has 0 bridgehead atoms. The Morgan fingerprint density at radius 2 is 1.83 bits per heavy atom. The summed E-state index contributed by atoms with van der Waals surface area (Å²) in [6, 6.07) is 11.3. The number of para-hydroxylation sites is 1. The van der Waals surface area contributed by atoms with Crippen LogP contribution >= 0.6 is 0 Å². The highest BCUT2D eigenvalue weighted by Crippen LogP contribution is 2.21. The molecule has 0 unspecified atom stereocenters. The number of alkyl halides is 2. The fraction of sp³-hybridized carbons (Fsp3) is 0.0625.